The van der Waals surface area contributed by atoms with Gasteiger partial charge in [0.2, 0.25) is 5.91 Å². The summed E-state index contributed by atoms with van der Waals surface area (Å²) in [7, 11) is 0. The Labute approximate surface area is 88.9 Å². The van der Waals surface area contributed by atoms with E-state index >= 15 is 0 Å². The highest BCUT2D eigenvalue weighted by Gasteiger charge is 2.26. The number of hydrogen-bond acceptors (Lipinski definition) is 3. The summed E-state index contributed by atoms with van der Waals surface area (Å²) in [6.07, 6.45) is 0. The van der Waals surface area contributed by atoms with Crippen molar-refractivity contribution < 1.29 is 9.21 Å². The van der Waals surface area contributed by atoms with Gasteiger partial charge in [0, 0.05) is 0 Å². The van der Waals surface area contributed by atoms with Crippen LogP contribution in [0.4, 0.5) is 0 Å². The van der Waals surface area contributed by atoms with Crippen molar-refractivity contribution in [2.45, 2.75) is 27.3 Å². The fraction of sp³-hybridized carbons (Fsp3) is 0.455. The molecule has 0 radical (unpaired) electrons. The number of furan rings is 1. The van der Waals surface area contributed by atoms with Crippen molar-refractivity contribution >= 4 is 5.91 Å². The van der Waals surface area contributed by atoms with Crippen LogP contribution in [-0.4, -0.2) is 5.91 Å². The van der Waals surface area contributed by atoms with Gasteiger partial charge in [0.1, 0.15) is 16.9 Å². The Morgan fingerprint density at radius 2 is 2.27 bits per heavy atom. The molecule has 1 amide bonds. The Balaban J connectivity index is 2.52. The molecular formula is C11H14N2O2. The molecule has 0 aliphatic carbocycles. The number of nitrogens with one attached hydrogen (secondary N) is 1. The Morgan fingerprint density at radius 3 is 2.73 bits per heavy atom. The Hall–Kier alpha value is -1.76. The van der Waals surface area contributed by atoms with E-state index in [1.54, 1.807) is 19.9 Å². The van der Waals surface area contributed by atoms with E-state index in [4.69, 9.17) is 9.68 Å². The topological polar surface area (TPSA) is 66.0 Å². The quantitative estimate of drug-likeness (QED) is 0.819. The minimum absolute atomic E-state index is 0.293. The van der Waals surface area contributed by atoms with Crippen LogP contribution in [0.3, 0.4) is 0 Å². The van der Waals surface area contributed by atoms with Crippen molar-refractivity contribution in [3.05, 3.63) is 23.7 Å². The van der Waals surface area contributed by atoms with Gasteiger partial charge < -0.3 is 9.73 Å². The van der Waals surface area contributed by atoms with E-state index in [2.05, 4.69) is 5.32 Å². The normalized spacial score (nSPS) is 10.8. The average molecular weight is 206 g/mol. The maximum Gasteiger partial charge on any atom is 0.240 e. The molecule has 80 valence electrons. The number of nitrogens with zero attached hydrogens (tertiary/aromatic N) is 1. The molecule has 0 saturated heterocycles. The number of carbonyl (C=O) groups excluding carboxylic acids is 1. The van der Waals surface area contributed by atoms with Gasteiger partial charge in [-0.2, -0.15) is 5.26 Å². The van der Waals surface area contributed by atoms with Crippen LogP contribution in [0.5, 0.6) is 0 Å². The lowest BCUT2D eigenvalue weighted by Gasteiger charge is -2.13. The van der Waals surface area contributed by atoms with Gasteiger partial charge in [-0.05, 0) is 32.9 Å². The molecule has 0 bridgehead atoms. The van der Waals surface area contributed by atoms with Crippen LogP contribution in [0.2, 0.25) is 0 Å². The van der Waals surface area contributed by atoms with E-state index in [1.165, 1.54) is 0 Å². The van der Waals surface area contributed by atoms with Crippen molar-refractivity contribution in [1.29, 1.82) is 5.26 Å². The van der Waals surface area contributed by atoms with E-state index in [9.17, 15) is 4.79 Å². The van der Waals surface area contributed by atoms with E-state index in [1.807, 2.05) is 19.1 Å². The van der Waals surface area contributed by atoms with Gasteiger partial charge in [-0.1, -0.05) is 0 Å². The number of nitriles is 1. The summed E-state index contributed by atoms with van der Waals surface area (Å²) in [5.41, 5.74) is -0.998. The minimum Gasteiger partial charge on any atom is -0.465 e. The molecule has 0 aliphatic heterocycles. The maximum atomic E-state index is 11.5. The lowest BCUT2D eigenvalue weighted by Crippen LogP contribution is -2.35. The zero-order valence-electron chi connectivity index (χ0n) is 9.13. The lowest BCUT2D eigenvalue weighted by atomic mass is 9.95. The molecule has 4 heteroatoms. The zero-order valence-corrected chi connectivity index (χ0v) is 9.13. The van der Waals surface area contributed by atoms with Crippen molar-refractivity contribution in [2.75, 3.05) is 0 Å². The standard InChI is InChI=1S/C11H14N2O2/c1-8-4-5-9(15-8)6-13-10(14)11(2,3)7-12/h4-5H,6H2,1-3H3,(H,13,14). The largest absolute Gasteiger partial charge is 0.465 e. The first-order chi connectivity index (χ1) is 6.95. The fourth-order valence-electron chi connectivity index (χ4n) is 1.02. The first kappa shape index (κ1) is 11.3. The summed E-state index contributed by atoms with van der Waals surface area (Å²) in [5, 5.41) is 11.4. The summed E-state index contributed by atoms with van der Waals surface area (Å²) in [5.74, 6) is 1.20. The molecule has 4 nitrogen and oxygen atoms in total. The number of hydrogen-bond donors (Lipinski definition) is 1. The summed E-state index contributed by atoms with van der Waals surface area (Å²) < 4.78 is 5.28. The first-order valence-electron chi connectivity index (χ1n) is 4.70. The van der Waals surface area contributed by atoms with Crippen LogP contribution in [-0.2, 0) is 11.3 Å². The number of rotatable bonds is 3. The van der Waals surface area contributed by atoms with Gasteiger partial charge in [-0.3, -0.25) is 4.79 Å². The van der Waals surface area contributed by atoms with Crippen LogP contribution in [0.1, 0.15) is 25.4 Å². The van der Waals surface area contributed by atoms with Gasteiger partial charge in [-0.25, -0.2) is 0 Å². The molecule has 1 heterocycles. The predicted octanol–water partition coefficient (Wildman–Crippen LogP) is 1.75. The molecule has 0 aliphatic rings. The third-order valence-electron chi connectivity index (χ3n) is 2.07. The second kappa shape index (κ2) is 4.18. The van der Waals surface area contributed by atoms with Crippen LogP contribution < -0.4 is 5.32 Å². The molecule has 1 aromatic rings. The molecule has 1 aromatic heterocycles. The third kappa shape index (κ3) is 2.84. The molecule has 0 atom stereocenters. The van der Waals surface area contributed by atoms with Crippen molar-refractivity contribution in [3.8, 4) is 6.07 Å². The van der Waals surface area contributed by atoms with Gasteiger partial charge in [0.15, 0.2) is 0 Å². The zero-order chi connectivity index (χ0) is 11.5. The number of aryl methyl sites for hydroxylation is 1. The second-order valence-electron chi connectivity index (χ2n) is 3.93. The highest BCUT2D eigenvalue weighted by atomic mass is 16.3. The van der Waals surface area contributed by atoms with Crippen molar-refractivity contribution in [2.24, 2.45) is 5.41 Å². The van der Waals surface area contributed by atoms with E-state index < -0.39 is 5.41 Å². The fourth-order valence-corrected chi connectivity index (χ4v) is 1.02. The Bertz CT molecular complexity index is 399. The molecule has 1 rings (SSSR count). The van der Waals surface area contributed by atoms with Gasteiger partial charge in [-0.15, -0.1) is 0 Å². The monoisotopic (exact) mass is 206 g/mol. The van der Waals surface area contributed by atoms with Crippen LogP contribution in [0, 0.1) is 23.7 Å². The molecule has 0 aromatic carbocycles. The Morgan fingerprint density at radius 1 is 1.60 bits per heavy atom. The van der Waals surface area contributed by atoms with Crippen molar-refractivity contribution in [3.63, 3.8) is 0 Å². The lowest BCUT2D eigenvalue weighted by molar-refractivity contribution is -0.127. The summed E-state index contributed by atoms with van der Waals surface area (Å²) in [6.45, 7) is 5.31. The van der Waals surface area contributed by atoms with Gasteiger partial charge in [0.05, 0.1) is 12.6 Å². The average Bonchev–Trinajstić information content (AvgIpc) is 2.60. The minimum atomic E-state index is -0.998. The van der Waals surface area contributed by atoms with Crippen molar-refractivity contribution in [1.82, 2.24) is 5.32 Å². The molecule has 0 saturated carbocycles. The molecule has 0 fully saturated rings. The number of carbonyl (C=O) groups is 1. The Kier molecular flexibility index (Phi) is 3.15. The molecular weight excluding hydrogens is 192 g/mol. The van der Waals surface area contributed by atoms with E-state index in [0.717, 1.165) is 5.76 Å². The SMILES string of the molecule is Cc1ccc(CNC(=O)C(C)(C)C#N)o1. The maximum absolute atomic E-state index is 11.5. The summed E-state index contributed by atoms with van der Waals surface area (Å²) in [4.78, 5) is 11.5. The summed E-state index contributed by atoms with van der Waals surface area (Å²) >= 11 is 0. The molecule has 0 unspecified atom stereocenters. The second-order valence-corrected chi connectivity index (χ2v) is 3.93. The predicted molar refractivity (Wildman–Crippen MR) is 54.7 cm³/mol. The first-order valence-corrected chi connectivity index (χ1v) is 4.70. The smallest absolute Gasteiger partial charge is 0.240 e. The summed E-state index contributed by atoms with van der Waals surface area (Å²) in [6, 6.07) is 5.57. The van der Waals surface area contributed by atoms with Gasteiger partial charge >= 0.3 is 0 Å². The highest BCUT2D eigenvalue weighted by Crippen LogP contribution is 2.13. The molecule has 0 spiro atoms. The van der Waals surface area contributed by atoms with Crippen LogP contribution in [0.25, 0.3) is 0 Å². The third-order valence-corrected chi connectivity index (χ3v) is 2.07. The van der Waals surface area contributed by atoms with Gasteiger partial charge in [0.25, 0.3) is 0 Å². The number of amides is 1. The van der Waals surface area contributed by atoms with E-state index in [0.29, 0.717) is 12.3 Å². The molecule has 1 N–H and O–H groups in total. The van der Waals surface area contributed by atoms with E-state index in [-0.39, 0.29) is 5.91 Å². The van der Waals surface area contributed by atoms with Crippen LogP contribution >= 0.6 is 0 Å². The highest BCUT2D eigenvalue weighted by molar-refractivity contribution is 5.84. The molecule has 15 heavy (non-hydrogen) atoms. The van der Waals surface area contributed by atoms with Crippen LogP contribution in [0.15, 0.2) is 16.5 Å².